The molecule has 3 atom stereocenters. The molecule has 0 radical (unpaired) electrons. The molecule has 3 rings (SSSR count). The highest BCUT2D eigenvalue weighted by Gasteiger charge is 2.49. The Bertz CT molecular complexity index is 865. The van der Waals surface area contributed by atoms with Crippen molar-refractivity contribution in [2.75, 3.05) is 18.9 Å². The number of carbonyl (C=O) groups excluding carboxylic acids is 1. The SMILES string of the molecule is C#C[C@]1(COC(=O)CN)O[C@@H](n2cnc3c(N)nc(F)nc32)C[C@@H]1O. The average molecular weight is 350 g/mol. The number of terminal acetylenes is 1. The lowest BCUT2D eigenvalue weighted by Crippen LogP contribution is -2.43. The lowest BCUT2D eigenvalue weighted by Gasteiger charge is -2.25. The predicted molar refractivity (Wildman–Crippen MR) is 82.0 cm³/mol. The van der Waals surface area contributed by atoms with Crippen LogP contribution in [0.1, 0.15) is 12.6 Å². The van der Waals surface area contributed by atoms with Gasteiger partial charge < -0.3 is 26.0 Å². The van der Waals surface area contributed by atoms with Crippen LogP contribution in [-0.4, -0.2) is 55.5 Å². The smallest absolute Gasteiger partial charge is 0.319 e. The molecule has 0 saturated carbocycles. The van der Waals surface area contributed by atoms with Crippen LogP contribution >= 0.6 is 0 Å². The third kappa shape index (κ3) is 2.86. The maximum atomic E-state index is 13.5. The van der Waals surface area contributed by atoms with Gasteiger partial charge in [0, 0.05) is 6.42 Å². The van der Waals surface area contributed by atoms with E-state index in [9.17, 15) is 14.3 Å². The van der Waals surface area contributed by atoms with Crippen molar-refractivity contribution >= 4 is 23.0 Å². The minimum Gasteiger partial charge on any atom is -0.460 e. The zero-order valence-corrected chi connectivity index (χ0v) is 12.9. The molecule has 132 valence electrons. The van der Waals surface area contributed by atoms with Crippen LogP contribution in [0.3, 0.4) is 0 Å². The first kappa shape index (κ1) is 17.0. The van der Waals surface area contributed by atoms with Gasteiger partial charge in [-0.2, -0.15) is 14.4 Å². The Kier molecular flexibility index (Phi) is 4.25. The van der Waals surface area contributed by atoms with Crippen LogP contribution < -0.4 is 11.5 Å². The predicted octanol–water partition coefficient (Wildman–Crippen LogP) is -1.30. The Balaban J connectivity index is 1.91. The van der Waals surface area contributed by atoms with Gasteiger partial charge in [-0.15, -0.1) is 6.42 Å². The van der Waals surface area contributed by atoms with Crippen LogP contribution in [0, 0.1) is 18.4 Å². The second-order valence-electron chi connectivity index (χ2n) is 5.42. The number of hydrogen-bond donors (Lipinski definition) is 3. The second kappa shape index (κ2) is 6.25. The van der Waals surface area contributed by atoms with E-state index in [1.54, 1.807) is 0 Å². The fourth-order valence-corrected chi connectivity index (χ4v) is 2.59. The van der Waals surface area contributed by atoms with Crippen LogP contribution in [0.25, 0.3) is 11.2 Å². The highest BCUT2D eigenvalue weighted by Crippen LogP contribution is 2.38. The van der Waals surface area contributed by atoms with Crippen molar-refractivity contribution < 1.29 is 23.8 Å². The van der Waals surface area contributed by atoms with Crippen molar-refractivity contribution in [3.05, 3.63) is 12.4 Å². The zero-order valence-electron chi connectivity index (χ0n) is 12.9. The first-order valence-electron chi connectivity index (χ1n) is 7.25. The maximum Gasteiger partial charge on any atom is 0.319 e. The normalized spacial score (nSPS) is 25.8. The quantitative estimate of drug-likeness (QED) is 0.347. The number of hydrogen-bond acceptors (Lipinski definition) is 9. The van der Waals surface area contributed by atoms with Crippen molar-refractivity contribution in [1.82, 2.24) is 19.5 Å². The van der Waals surface area contributed by atoms with Crippen LogP contribution in [-0.2, 0) is 14.3 Å². The number of esters is 1. The molecule has 1 saturated heterocycles. The van der Waals surface area contributed by atoms with Gasteiger partial charge in [0.25, 0.3) is 0 Å². The van der Waals surface area contributed by atoms with E-state index in [1.165, 1.54) is 10.9 Å². The molecule has 0 bridgehead atoms. The van der Waals surface area contributed by atoms with Gasteiger partial charge >= 0.3 is 12.0 Å². The Morgan fingerprint density at radius 2 is 2.40 bits per heavy atom. The summed E-state index contributed by atoms with van der Waals surface area (Å²) in [5, 5.41) is 10.3. The standard InChI is InChI=1S/C14H15FN6O4/c1-2-14(5-24-9(23)4-16)7(22)3-8(25-14)21-6-18-10-11(17)19-13(15)20-12(10)21/h1,6-8,22H,3-5,16H2,(H2,17,19,20)/t7-,8+,14+/m0/s1. The molecule has 5 N–H and O–H groups in total. The summed E-state index contributed by atoms with van der Waals surface area (Å²) < 4.78 is 25.5. The summed E-state index contributed by atoms with van der Waals surface area (Å²) in [5.74, 6) is 1.50. The van der Waals surface area contributed by atoms with Gasteiger partial charge in [0.05, 0.1) is 12.9 Å². The third-order valence-electron chi connectivity index (χ3n) is 3.90. The van der Waals surface area contributed by atoms with E-state index < -0.39 is 30.0 Å². The van der Waals surface area contributed by atoms with Gasteiger partial charge in [0.15, 0.2) is 22.6 Å². The molecule has 25 heavy (non-hydrogen) atoms. The summed E-state index contributed by atoms with van der Waals surface area (Å²) in [6, 6.07) is 0. The van der Waals surface area contributed by atoms with E-state index in [2.05, 4.69) is 20.9 Å². The Hall–Kier alpha value is -2.81. The van der Waals surface area contributed by atoms with Crippen LogP contribution in [0.2, 0.25) is 0 Å². The van der Waals surface area contributed by atoms with Gasteiger partial charge in [0.2, 0.25) is 0 Å². The fraction of sp³-hybridized carbons (Fsp3) is 0.429. The number of anilines is 1. The lowest BCUT2D eigenvalue weighted by atomic mass is 9.99. The molecule has 0 amide bonds. The lowest BCUT2D eigenvalue weighted by molar-refractivity contribution is -0.154. The maximum absolute atomic E-state index is 13.5. The van der Waals surface area contributed by atoms with Crippen molar-refractivity contribution in [2.24, 2.45) is 5.73 Å². The van der Waals surface area contributed by atoms with E-state index in [0.29, 0.717) is 0 Å². The summed E-state index contributed by atoms with van der Waals surface area (Å²) in [5.41, 5.74) is 9.49. The van der Waals surface area contributed by atoms with Crippen molar-refractivity contribution in [1.29, 1.82) is 0 Å². The number of aliphatic hydroxyl groups excluding tert-OH is 1. The number of rotatable bonds is 4. The van der Waals surface area contributed by atoms with Crippen LogP contribution in [0.5, 0.6) is 0 Å². The topological polar surface area (TPSA) is 151 Å². The first-order valence-corrected chi connectivity index (χ1v) is 7.25. The number of nitrogen functional groups attached to an aromatic ring is 1. The minimum atomic E-state index is -1.57. The van der Waals surface area contributed by atoms with E-state index in [1.807, 2.05) is 0 Å². The van der Waals surface area contributed by atoms with Crippen molar-refractivity contribution in [2.45, 2.75) is 24.4 Å². The van der Waals surface area contributed by atoms with E-state index in [-0.39, 0.29) is 36.6 Å². The molecule has 1 aliphatic rings. The number of nitrogens with two attached hydrogens (primary N) is 2. The summed E-state index contributed by atoms with van der Waals surface area (Å²) >= 11 is 0. The van der Waals surface area contributed by atoms with E-state index in [4.69, 9.17) is 27.4 Å². The van der Waals surface area contributed by atoms with Crippen molar-refractivity contribution in [3.8, 4) is 12.3 Å². The summed E-state index contributed by atoms with van der Waals surface area (Å²) in [4.78, 5) is 22.3. The fourth-order valence-electron chi connectivity index (χ4n) is 2.59. The van der Waals surface area contributed by atoms with E-state index in [0.717, 1.165) is 0 Å². The number of aromatic nitrogens is 4. The zero-order chi connectivity index (χ0) is 18.2. The summed E-state index contributed by atoms with van der Waals surface area (Å²) in [6.07, 6.45) is 3.86. The molecule has 1 fully saturated rings. The monoisotopic (exact) mass is 350 g/mol. The van der Waals surface area contributed by atoms with Crippen LogP contribution in [0.15, 0.2) is 6.33 Å². The average Bonchev–Trinajstić information content (AvgIpc) is 3.14. The molecule has 0 spiro atoms. The molecule has 10 nitrogen and oxygen atoms in total. The molecule has 2 aromatic rings. The highest BCUT2D eigenvalue weighted by molar-refractivity contribution is 5.81. The Labute approximate surface area is 140 Å². The molecule has 1 aliphatic heterocycles. The second-order valence-corrected chi connectivity index (χ2v) is 5.42. The summed E-state index contributed by atoms with van der Waals surface area (Å²) in [6.45, 7) is -0.711. The minimum absolute atomic E-state index is 0.0430. The molecule has 11 heteroatoms. The molecular formula is C14H15FN6O4. The largest absolute Gasteiger partial charge is 0.460 e. The number of aliphatic hydroxyl groups is 1. The number of ether oxygens (including phenoxy) is 2. The van der Waals surface area contributed by atoms with Gasteiger partial charge in [-0.3, -0.25) is 9.36 Å². The highest BCUT2D eigenvalue weighted by atomic mass is 19.1. The van der Waals surface area contributed by atoms with Gasteiger partial charge in [-0.1, -0.05) is 5.92 Å². The molecule has 3 heterocycles. The number of nitrogens with zero attached hydrogens (tertiary/aromatic N) is 4. The van der Waals surface area contributed by atoms with Gasteiger partial charge in [-0.05, 0) is 0 Å². The number of carbonyl (C=O) groups is 1. The Morgan fingerprint density at radius 3 is 3.08 bits per heavy atom. The third-order valence-corrected chi connectivity index (χ3v) is 3.90. The van der Waals surface area contributed by atoms with E-state index >= 15 is 0 Å². The molecule has 0 unspecified atom stereocenters. The Morgan fingerprint density at radius 1 is 1.64 bits per heavy atom. The number of halogens is 1. The first-order chi connectivity index (χ1) is 11.9. The molecule has 2 aromatic heterocycles. The van der Waals surface area contributed by atoms with Gasteiger partial charge in [-0.25, -0.2) is 4.98 Å². The summed E-state index contributed by atoms with van der Waals surface area (Å²) in [7, 11) is 0. The van der Waals surface area contributed by atoms with Crippen LogP contribution in [0.4, 0.5) is 10.2 Å². The number of imidazole rings is 1. The molecule has 0 aromatic carbocycles. The van der Waals surface area contributed by atoms with Gasteiger partial charge in [0.1, 0.15) is 18.9 Å². The molecule has 0 aliphatic carbocycles. The van der Waals surface area contributed by atoms with Crippen molar-refractivity contribution in [3.63, 3.8) is 0 Å². The number of fused-ring (bicyclic) bond motifs is 1. The molecular weight excluding hydrogens is 335 g/mol.